The number of carbonyl (C=O) groups excluding carboxylic acids is 1. The van der Waals surface area contributed by atoms with Crippen LogP contribution in [0.2, 0.25) is 0 Å². The van der Waals surface area contributed by atoms with Gasteiger partial charge in [0, 0.05) is 6.54 Å². The quantitative estimate of drug-likeness (QED) is 0.921. The molecule has 2 rings (SSSR count). The van der Waals surface area contributed by atoms with E-state index in [0.717, 1.165) is 18.4 Å². The average molecular weight is 275 g/mol. The second-order valence-electron chi connectivity index (χ2n) is 6.08. The first-order valence-corrected chi connectivity index (χ1v) is 6.98. The largest absolute Gasteiger partial charge is 0.480 e. The summed E-state index contributed by atoms with van der Waals surface area (Å²) in [7, 11) is 0. The van der Waals surface area contributed by atoms with Crippen molar-refractivity contribution in [1.29, 1.82) is 0 Å². The number of likely N-dealkylation sites (tertiary alicyclic amines) is 1. The molecule has 1 amide bonds. The van der Waals surface area contributed by atoms with Gasteiger partial charge in [0.25, 0.3) is 0 Å². The molecule has 1 aromatic carbocycles. The van der Waals surface area contributed by atoms with Crippen LogP contribution >= 0.6 is 0 Å². The Labute approximate surface area is 119 Å². The Kier molecular flexibility index (Phi) is 4.12. The molecule has 0 bridgehead atoms. The molecule has 0 aromatic heterocycles. The molecule has 1 heterocycles. The molecule has 1 atom stereocenters. The highest BCUT2D eigenvalue weighted by Crippen LogP contribution is 2.35. The van der Waals surface area contributed by atoms with Gasteiger partial charge < -0.3 is 10.0 Å². The van der Waals surface area contributed by atoms with Crippen molar-refractivity contribution in [3.63, 3.8) is 0 Å². The van der Waals surface area contributed by atoms with E-state index in [-0.39, 0.29) is 17.7 Å². The summed E-state index contributed by atoms with van der Waals surface area (Å²) in [6, 6.07) is 8.73. The second-order valence-corrected chi connectivity index (χ2v) is 6.08. The van der Waals surface area contributed by atoms with Gasteiger partial charge in [0.1, 0.15) is 6.04 Å². The molecule has 1 saturated heterocycles. The average Bonchev–Trinajstić information content (AvgIpc) is 2.37. The number of aliphatic carboxylic acids is 1. The Balaban J connectivity index is 2.17. The number of rotatable bonds is 3. The van der Waals surface area contributed by atoms with E-state index in [1.807, 2.05) is 44.2 Å². The van der Waals surface area contributed by atoms with E-state index >= 15 is 0 Å². The van der Waals surface area contributed by atoms with Gasteiger partial charge in [-0.15, -0.1) is 0 Å². The molecule has 0 spiro atoms. The molecule has 4 nitrogen and oxygen atoms in total. The molecule has 108 valence electrons. The first-order chi connectivity index (χ1) is 9.42. The van der Waals surface area contributed by atoms with Crippen LogP contribution < -0.4 is 0 Å². The molecular formula is C16H21NO3. The summed E-state index contributed by atoms with van der Waals surface area (Å²) in [5.41, 5.74) is 0.543. The van der Waals surface area contributed by atoms with Crippen LogP contribution in [0.3, 0.4) is 0 Å². The molecule has 1 unspecified atom stereocenters. The topological polar surface area (TPSA) is 57.6 Å². The van der Waals surface area contributed by atoms with Crippen molar-refractivity contribution in [1.82, 2.24) is 4.90 Å². The van der Waals surface area contributed by atoms with Gasteiger partial charge in [0.2, 0.25) is 5.91 Å². The van der Waals surface area contributed by atoms with Gasteiger partial charge in [-0.2, -0.15) is 0 Å². The molecule has 0 saturated carbocycles. The van der Waals surface area contributed by atoms with Crippen molar-refractivity contribution in [2.75, 3.05) is 6.54 Å². The zero-order valence-electron chi connectivity index (χ0n) is 12.0. The van der Waals surface area contributed by atoms with Gasteiger partial charge in [0.05, 0.1) is 6.42 Å². The van der Waals surface area contributed by atoms with Crippen molar-refractivity contribution in [2.45, 2.75) is 39.2 Å². The number of amides is 1. The lowest BCUT2D eigenvalue weighted by atomic mass is 9.76. The number of hydrogen-bond donors (Lipinski definition) is 1. The van der Waals surface area contributed by atoms with Crippen LogP contribution in [0.5, 0.6) is 0 Å². The predicted molar refractivity (Wildman–Crippen MR) is 76.3 cm³/mol. The van der Waals surface area contributed by atoms with Gasteiger partial charge in [-0.05, 0) is 23.8 Å². The van der Waals surface area contributed by atoms with Crippen LogP contribution in [0.15, 0.2) is 30.3 Å². The van der Waals surface area contributed by atoms with Gasteiger partial charge >= 0.3 is 5.97 Å². The van der Waals surface area contributed by atoms with E-state index < -0.39 is 12.0 Å². The molecule has 1 fully saturated rings. The summed E-state index contributed by atoms with van der Waals surface area (Å²) in [4.78, 5) is 25.5. The molecule has 1 aromatic rings. The van der Waals surface area contributed by atoms with Crippen molar-refractivity contribution >= 4 is 11.9 Å². The number of nitrogens with zero attached hydrogens (tertiary/aromatic N) is 1. The Morgan fingerprint density at radius 3 is 2.55 bits per heavy atom. The smallest absolute Gasteiger partial charge is 0.326 e. The number of carbonyl (C=O) groups is 2. The zero-order valence-corrected chi connectivity index (χ0v) is 12.0. The maximum Gasteiger partial charge on any atom is 0.326 e. The van der Waals surface area contributed by atoms with E-state index in [1.54, 1.807) is 4.90 Å². The summed E-state index contributed by atoms with van der Waals surface area (Å²) in [5, 5.41) is 9.47. The third-order valence-corrected chi connectivity index (χ3v) is 4.02. The van der Waals surface area contributed by atoms with Crippen molar-refractivity contribution in [3.8, 4) is 0 Å². The summed E-state index contributed by atoms with van der Waals surface area (Å²) < 4.78 is 0. The molecule has 20 heavy (non-hydrogen) atoms. The summed E-state index contributed by atoms with van der Waals surface area (Å²) in [6.45, 7) is 4.38. The van der Waals surface area contributed by atoms with Gasteiger partial charge in [-0.1, -0.05) is 44.2 Å². The highest BCUT2D eigenvalue weighted by atomic mass is 16.4. The summed E-state index contributed by atoms with van der Waals surface area (Å²) >= 11 is 0. The highest BCUT2D eigenvalue weighted by Gasteiger charge is 2.44. The molecule has 0 radical (unpaired) electrons. The molecule has 1 aliphatic rings. The minimum atomic E-state index is -0.906. The fraction of sp³-hybridized carbons (Fsp3) is 0.500. The molecule has 4 heteroatoms. The van der Waals surface area contributed by atoms with Gasteiger partial charge in [-0.3, -0.25) is 4.79 Å². The summed E-state index contributed by atoms with van der Waals surface area (Å²) in [6.07, 6.45) is 1.96. The first kappa shape index (κ1) is 14.6. The first-order valence-electron chi connectivity index (χ1n) is 6.98. The maximum atomic E-state index is 12.4. The second kappa shape index (κ2) is 5.65. The van der Waals surface area contributed by atoms with Crippen LogP contribution in [0, 0.1) is 5.41 Å². The van der Waals surface area contributed by atoms with E-state index in [9.17, 15) is 14.7 Å². The maximum absolute atomic E-state index is 12.4. The van der Waals surface area contributed by atoms with E-state index in [2.05, 4.69) is 0 Å². The monoisotopic (exact) mass is 275 g/mol. The Morgan fingerprint density at radius 2 is 1.95 bits per heavy atom. The van der Waals surface area contributed by atoms with Crippen molar-refractivity contribution in [2.24, 2.45) is 5.41 Å². The molecule has 1 N–H and O–H groups in total. The lowest BCUT2D eigenvalue weighted by Crippen LogP contribution is -2.56. The Bertz CT molecular complexity index is 496. The normalized spacial score (nSPS) is 21.5. The zero-order chi connectivity index (χ0) is 14.8. The minimum absolute atomic E-state index is 0.101. The van der Waals surface area contributed by atoms with Crippen LogP contribution in [0.25, 0.3) is 0 Å². The number of piperidine rings is 1. The third-order valence-electron chi connectivity index (χ3n) is 4.02. The Hall–Kier alpha value is -1.84. The van der Waals surface area contributed by atoms with E-state index in [4.69, 9.17) is 0 Å². The fourth-order valence-corrected chi connectivity index (χ4v) is 3.00. The van der Waals surface area contributed by atoms with E-state index in [1.165, 1.54) is 0 Å². The van der Waals surface area contributed by atoms with Gasteiger partial charge in [-0.25, -0.2) is 4.79 Å². The number of carboxylic acid groups (broad SMARTS) is 1. The lowest BCUT2D eigenvalue weighted by molar-refractivity contribution is -0.158. The van der Waals surface area contributed by atoms with E-state index in [0.29, 0.717) is 6.54 Å². The number of benzene rings is 1. The standard InChI is InChI=1S/C16H21NO3/c1-16(2)9-6-10-17(14(16)15(19)20)13(18)11-12-7-4-3-5-8-12/h3-5,7-8,14H,6,9-11H2,1-2H3,(H,19,20). The molecule has 1 aliphatic heterocycles. The minimum Gasteiger partial charge on any atom is -0.480 e. The third kappa shape index (κ3) is 3.00. The van der Waals surface area contributed by atoms with Crippen LogP contribution in [-0.2, 0) is 16.0 Å². The molecule has 0 aliphatic carbocycles. The number of hydrogen-bond acceptors (Lipinski definition) is 2. The van der Waals surface area contributed by atoms with Crippen molar-refractivity contribution < 1.29 is 14.7 Å². The fourth-order valence-electron chi connectivity index (χ4n) is 3.00. The predicted octanol–water partition coefficient (Wildman–Crippen LogP) is 2.33. The van der Waals surface area contributed by atoms with Crippen molar-refractivity contribution in [3.05, 3.63) is 35.9 Å². The summed E-state index contributed by atoms with van der Waals surface area (Å²) in [5.74, 6) is -1.01. The van der Waals surface area contributed by atoms with Crippen LogP contribution in [-0.4, -0.2) is 34.5 Å². The van der Waals surface area contributed by atoms with Crippen LogP contribution in [0.1, 0.15) is 32.3 Å². The van der Waals surface area contributed by atoms with Crippen LogP contribution in [0.4, 0.5) is 0 Å². The number of carboxylic acids is 1. The lowest BCUT2D eigenvalue weighted by Gasteiger charge is -2.44. The SMILES string of the molecule is CC1(C)CCCN(C(=O)Cc2ccccc2)C1C(=O)O. The Morgan fingerprint density at radius 1 is 1.30 bits per heavy atom. The van der Waals surface area contributed by atoms with Gasteiger partial charge in [0.15, 0.2) is 0 Å². The molecular weight excluding hydrogens is 254 g/mol. The highest BCUT2D eigenvalue weighted by molar-refractivity contribution is 5.85.